The molecular weight excluding hydrogens is 413 g/mol. The van der Waals surface area contributed by atoms with Gasteiger partial charge in [0.05, 0.1) is 11.0 Å². The van der Waals surface area contributed by atoms with E-state index >= 15 is 0 Å². The Kier molecular flexibility index (Phi) is 7.83. The van der Waals surface area contributed by atoms with Gasteiger partial charge in [-0.15, -0.1) is 36.2 Å². The van der Waals surface area contributed by atoms with Gasteiger partial charge in [0.15, 0.2) is 0 Å². The summed E-state index contributed by atoms with van der Waals surface area (Å²) in [6.07, 6.45) is 1.78. The number of fused-ring (bicyclic) bond motifs is 2. The number of pyridine rings is 1. The highest BCUT2D eigenvalue weighted by Crippen LogP contribution is 2.19. The molecule has 0 aliphatic carbocycles. The first-order chi connectivity index (χ1) is 12.7. The largest absolute Gasteiger partial charge is 0.339 e. The topological polar surface area (TPSA) is 45.5 Å². The van der Waals surface area contributed by atoms with Crippen LogP contribution in [0.25, 0.3) is 21.8 Å². The zero-order valence-corrected chi connectivity index (χ0v) is 18.2. The molecule has 0 saturated heterocycles. The summed E-state index contributed by atoms with van der Waals surface area (Å²) >= 11 is 1.54. The summed E-state index contributed by atoms with van der Waals surface area (Å²) in [5.41, 5.74) is 5.49. The predicted octanol–water partition coefficient (Wildman–Crippen LogP) is 4.58. The van der Waals surface area contributed by atoms with Gasteiger partial charge in [0, 0.05) is 35.4 Å². The number of aromatic nitrogens is 2. The molecular formula is C20H23Cl2N5S. The smallest absolute Gasteiger partial charge is 0.203 e. The molecule has 0 bridgehead atoms. The fourth-order valence-corrected chi connectivity index (χ4v) is 3.61. The van der Waals surface area contributed by atoms with E-state index in [1.807, 2.05) is 5.38 Å². The highest BCUT2D eigenvalue weighted by Gasteiger charge is 2.09. The van der Waals surface area contributed by atoms with Crippen LogP contribution in [0, 0.1) is 0 Å². The second-order valence-electron chi connectivity index (χ2n) is 6.40. The van der Waals surface area contributed by atoms with Crippen LogP contribution >= 0.6 is 36.2 Å². The molecule has 0 spiro atoms. The molecule has 0 atom stereocenters. The maximum absolute atomic E-state index is 4.72. The first-order valence-corrected chi connectivity index (χ1v) is 9.46. The summed E-state index contributed by atoms with van der Waals surface area (Å²) in [5.74, 6) is 0. The third-order valence-corrected chi connectivity index (χ3v) is 5.04. The lowest BCUT2D eigenvalue weighted by molar-refractivity contribution is 0.389. The van der Waals surface area contributed by atoms with Crippen molar-refractivity contribution in [1.82, 2.24) is 14.5 Å². The molecule has 28 heavy (non-hydrogen) atoms. The van der Waals surface area contributed by atoms with Gasteiger partial charge in [-0.1, -0.05) is 36.4 Å². The van der Waals surface area contributed by atoms with Crippen LogP contribution in [-0.4, -0.2) is 35.1 Å². The number of hydrogen-bond donors (Lipinski definition) is 1. The average Bonchev–Trinajstić information content (AvgIpc) is 3.17. The third kappa shape index (κ3) is 4.47. The SMILES string of the molecule is CN(C)CCn1c2ccccc2c(=NNc2nccs2)c2ccccc21.Cl.Cl. The zero-order valence-electron chi connectivity index (χ0n) is 15.7. The van der Waals surface area contributed by atoms with E-state index in [2.05, 4.69) is 82.5 Å². The fourth-order valence-electron chi connectivity index (χ4n) is 3.14. The molecule has 2 aromatic heterocycles. The Morgan fingerprint density at radius 1 is 1.00 bits per heavy atom. The molecule has 5 nitrogen and oxygen atoms in total. The molecule has 0 unspecified atom stereocenters. The van der Waals surface area contributed by atoms with Crippen molar-refractivity contribution in [2.24, 2.45) is 5.10 Å². The number of nitrogens with zero attached hydrogens (tertiary/aromatic N) is 4. The van der Waals surface area contributed by atoms with Gasteiger partial charge in [-0.2, -0.15) is 5.10 Å². The number of nitrogens with one attached hydrogen (secondary N) is 1. The first kappa shape index (κ1) is 22.2. The molecule has 2 heterocycles. The fraction of sp³-hybridized carbons (Fsp3) is 0.200. The van der Waals surface area contributed by atoms with Crippen molar-refractivity contribution in [3.05, 3.63) is 65.5 Å². The quantitative estimate of drug-likeness (QED) is 0.368. The molecule has 148 valence electrons. The van der Waals surface area contributed by atoms with E-state index in [0.717, 1.165) is 34.4 Å². The predicted molar refractivity (Wildman–Crippen MR) is 124 cm³/mol. The molecule has 0 fully saturated rings. The van der Waals surface area contributed by atoms with Crippen LogP contribution in [0.1, 0.15) is 0 Å². The molecule has 4 rings (SSSR count). The summed E-state index contributed by atoms with van der Waals surface area (Å²) in [5, 5.41) is 10.7. The van der Waals surface area contributed by atoms with E-state index in [1.54, 1.807) is 17.5 Å². The van der Waals surface area contributed by atoms with Crippen molar-refractivity contribution in [3.8, 4) is 0 Å². The Morgan fingerprint density at radius 3 is 2.14 bits per heavy atom. The summed E-state index contributed by atoms with van der Waals surface area (Å²) < 4.78 is 2.38. The third-order valence-electron chi connectivity index (χ3n) is 4.37. The van der Waals surface area contributed by atoms with Crippen LogP contribution in [0.5, 0.6) is 0 Å². The van der Waals surface area contributed by atoms with E-state index in [4.69, 9.17) is 5.10 Å². The minimum absolute atomic E-state index is 0. The van der Waals surface area contributed by atoms with E-state index in [9.17, 15) is 0 Å². The van der Waals surface area contributed by atoms with Gasteiger partial charge in [-0.25, -0.2) is 4.98 Å². The van der Waals surface area contributed by atoms with E-state index in [-0.39, 0.29) is 24.8 Å². The molecule has 0 aliphatic heterocycles. The molecule has 1 N–H and O–H groups in total. The van der Waals surface area contributed by atoms with Crippen molar-refractivity contribution in [3.63, 3.8) is 0 Å². The number of halogens is 2. The summed E-state index contributed by atoms with van der Waals surface area (Å²) in [6.45, 7) is 1.90. The number of anilines is 1. The van der Waals surface area contributed by atoms with Crippen molar-refractivity contribution < 1.29 is 0 Å². The normalized spacial score (nSPS) is 10.5. The van der Waals surface area contributed by atoms with E-state index < -0.39 is 0 Å². The number of para-hydroxylation sites is 2. The van der Waals surface area contributed by atoms with Gasteiger partial charge < -0.3 is 9.47 Å². The van der Waals surface area contributed by atoms with Crippen molar-refractivity contribution in [2.75, 3.05) is 26.1 Å². The Bertz CT molecular complexity index is 1050. The van der Waals surface area contributed by atoms with Crippen LogP contribution in [0.15, 0.2) is 65.2 Å². The van der Waals surface area contributed by atoms with Gasteiger partial charge in [0.25, 0.3) is 0 Å². The second kappa shape index (κ2) is 9.89. The first-order valence-electron chi connectivity index (χ1n) is 8.58. The Hall–Kier alpha value is -2.12. The van der Waals surface area contributed by atoms with Gasteiger partial charge >= 0.3 is 0 Å². The van der Waals surface area contributed by atoms with Crippen molar-refractivity contribution in [1.29, 1.82) is 0 Å². The van der Waals surface area contributed by atoms with Crippen LogP contribution in [-0.2, 0) is 6.54 Å². The number of likely N-dealkylation sites (N-methyl/N-ethyl adjacent to an activating group) is 1. The minimum atomic E-state index is 0. The van der Waals surface area contributed by atoms with Crippen molar-refractivity contribution >= 4 is 63.1 Å². The number of rotatable bonds is 5. The Balaban J connectivity index is 0.00000140. The molecule has 4 aromatic rings. The number of thiazole rings is 1. The maximum Gasteiger partial charge on any atom is 0.203 e. The lowest BCUT2D eigenvalue weighted by atomic mass is 10.1. The maximum atomic E-state index is 4.72. The van der Waals surface area contributed by atoms with Gasteiger partial charge in [0.1, 0.15) is 5.36 Å². The molecule has 8 heteroatoms. The van der Waals surface area contributed by atoms with Crippen LogP contribution < -0.4 is 10.8 Å². The Labute approximate surface area is 180 Å². The lowest BCUT2D eigenvalue weighted by Crippen LogP contribution is -2.21. The van der Waals surface area contributed by atoms with E-state index in [1.165, 1.54) is 11.0 Å². The number of hydrogen-bond acceptors (Lipinski definition) is 5. The standard InChI is InChI=1S/C20H21N5S.2ClH/c1-24(2)12-13-25-17-9-5-3-7-15(17)19(16-8-4-6-10-18(16)25)22-23-20-21-11-14-26-20;;/h3-11,14H,12-13H2,1-2H3,(H,21,23);2*1H. The lowest BCUT2D eigenvalue weighted by Gasteiger charge is -2.18. The molecule has 2 aromatic carbocycles. The number of benzene rings is 2. The average molecular weight is 436 g/mol. The molecule has 0 aliphatic rings. The van der Waals surface area contributed by atoms with Crippen LogP contribution in [0.4, 0.5) is 5.13 Å². The van der Waals surface area contributed by atoms with Crippen LogP contribution in [0.2, 0.25) is 0 Å². The summed E-state index contributed by atoms with van der Waals surface area (Å²) in [7, 11) is 4.21. The minimum Gasteiger partial charge on any atom is -0.339 e. The van der Waals surface area contributed by atoms with Gasteiger partial charge in [0.2, 0.25) is 5.13 Å². The zero-order chi connectivity index (χ0) is 17.9. The van der Waals surface area contributed by atoms with Gasteiger partial charge in [-0.3, -0.25) is 5.43 Å². The Morgan fingerprint density at radius 2 is 1.61 bits per heavy atom. The molecule has 0 amide bonds. The van der Waals surface area contributed by atoms with Crippen molar-refractivity contribution in [2.45, 2.75) is 6.54 Å². The second-order valence-corrected chi connectivity index (χ2v) is 7.29. The highest BCUT2D eigenvalue weighted by molar-refractivity contribution is 7.13. The summed E-state index contributed by atoms with van der Waals surface area (Å²) in [6, 6.07) is 16.9. The van der Waals surface area contributed by atoms with E-state index in [0.29, 0.717) is 0 Å². The monoisotopic (exact) mass is 435 g/mol. The summed E-state index contributed by atoms with van der Waals surface area (Å²) in [4.78, 5) is 6.47. The highest BCUT2D eigenvalue weighted by atomic mass is 35.5. The molecule has 0 saturated carbocycles. The van der Waals surface area contributed by atoms with Crippen LogP contribution in [0.3, 0.4) is 0 Å². The van der Waals surface area contributed by atoms with Gasteiger partial charge in [-0.05, 0) is 26.2 Å². The molecule has 0 radical (unpaired) electrons.